The van der Waals surface area contributed by atoms with Gasteiger partial charge in [-0.25, -0.2) is 4.98 Å². The maximum Gasteiger partial charge on any atom is 0.229 e. The van der Waals surface area contributed by atoms with Crippen LogP contribution < -0.4 is 10.2 Å². The van der Waals surface area contributed by atoms with Crippen LogP contribution in [-0.4, -0.2) is 71.9 Å². The quantitative estimate of drug-likeness (QED) is 0.558. The molecule has 1 aliphatic carbocycles. The average molecular weight is 497 g/mol. The molecule has 0 bridgehead atoms. The number of amides is 1. The molecule has 2 aliphatic heterocycles. The van der Waals surface area contributed by atoms with E-state index in [4.69, 9.17) is 20.8 Å². The number of aromatic nitrogens is 1. The number of aliphatic hydroxyl groups is 1. The van der Waals surface area contributed by atoms with Crippen LogP contribution in [0.25, 0.3) is 10.8 Å². The van der Waals surface area contributed by atoms with Gasteiger partial charge >= 0.3 is 0 Å². The van der Waals surface area contributed by atoms with Gasteiger partial charge < -0.3 is 24.5 Å². The number of nitrogens with one attached hydrogen (secondary N) is 1. The lowest BCUT2D eigenvalue weighted by Gasteiger charge is -2.45. The summed E-state index contributed by atoms with van der Waals surface area (Å²) in [7, 11) is 0. The van der Waals surface area contributed by atoms with Crippen LogP contribution in [0.2, 0.25) is 5.02 Å². The van der Waals surface area contributed by atoms with Gasteiger partial charge in [0.2, 0.25) is 5.91 Å². The molecule has 184 valence electrons. The summed E-state index contributed by atoms with van der Waals surface area (Å²) in [4.78, 5) is 21.7. The number of ether oxygens (including phenoxy) is 1. The molecule has 3 fully saturated rings. The van der Waals surface area contributed by atoms with Crippen molar-refractivity contribution in [3.05, 3.63) is 53.6 Å². The Morgan fingerprint density at radius 3 is 2.77 bits per heavy atom. The van der Waals surface area contributed by atoms with Crippen molar-refractivity contribution in [2.75, 3.05) is 49.6 Å². The van der Waals surface area contributed by atoms with Crippen molar-refractivity contribution in [3.8, 4) is 0 Å². The van der Waals surface area contributed by atoms with Crippen molar-refractivity contribution in [1.82, 2.24) is 9.88 Å². The van der Waals surface area contributed by atoms with Gasteiger partial charge in [0.1, 0.15) is 11.6 Å². The average Bonchev–Trinajstić information content (AvgIpc) is 3.32. The number of carbonyl (C=O) groups is 1. The van der Waals surface area contributed by atoms with E-state index in [2.05, 4.69) is 33.1 Å². The van der Waals surface area contributed by atoms with Crippen LogP contribution in [0.4, 0.5) is 11.5 Å². The zero-order chi connectivity index (χ0) is 24.2. The number of rotatable bonds is 5. The van der Waals surface area contributed by atoms with Gasteiger partial charge in [0.25, 0.3) is 0 Å². The minimum absolute atomic E-state index is 0.0323. The van der Waals surface area contributed by atoms with E-state index >= 15 is 0 Å². The first-order valence-corrected chi connectivity index (χ1v) is 12.5. The van der Waals surface area contributed by atoms with Crippen molar-refractivity contribution in [2.45, 2.75) is 30.9 Å². The Bertz CT molecular complexity index is 1240. The number of hydrogen-bond donors (Lipinski definition) is 2. The zero-order valence-electron chi connectivity index (χ0n) is 19.6. The first kappa shape index (κ1) is 22.8. The van der Waals surface area contributed by atoms with Gasteiger partial charge in [-0.15, -0.1) is 0 Å². The molecule has 0 unspecified atom stereocenters. The molecule has 1 aromatic carbocycles. The first-order chi connectivity index (χ1) is 16.9. The van der Waals surface area contributed by atoms with Gasteiger partial charge in [-0.3, -0.25) is 9.69 Å². The Kier molecular flexibility index (Phi) is 5.72. The highest BCUT2D eigenvalue weighted by atomic mass is 35.5. The third-order valence-corrected chi connectivity index (χ3v) is 8.11. The third kappa shape index (κ3) is 4.18. The van der Waals surface area contributed by atoms with Gasteiger partial charge in [0.15, 0.2) is 0 Å². The summed E-state index contributed by atoms with van der Waals surface area (Å²) < 4.78 is 11.0. The van der Waals surface area contributed by atoms with Gasteiger partial charge in [-0.05, 0) is 49.1 Å². The van der Waals surface area contributed by atoms with E-state index in [-0.39, 0.29) is 23.3 Å². The largest absolute Gasteiger partial charge is 0.469 e. The lowest BCUT2D eigenvalue weighted by molar-refractivity contribution is -0.117. The molecule has 4 heterocycles. The Hall–Kier alpha value is -2.65. The Morgan fingerprint density at radius 1 is 1.23 bits per heavy atom. The maximum absolute atomic E-state index is 12.7. The number of fused-ring (bicyclic) bond motifs is 1. The van der Waals surface area contributed by atoms with Crippen LogP contribution in [0.3, 0.4) is 0 Å². The van der Waals surface area contributed by atoms with Crippen LogP contribution in [0, 0.1) is 5.92 Å². The highest BCUT2D eigenvalue weighted by molar-refractivity contribution is 6.34. The van der Waals surface area contributed by atoms with Crippen LogP contribution in [0.15, 0.2) is 47.2 Å². The van der Waals surface area contributed by atoms with Gasteiger partial charge in [0.05, 0.1) is 41.8 Å². The summed E-state index contributed by atoms with van der Waals surface area (Å²) in [5.74, 6) is 1.43. The van der Waals surface area contributed by atoms with E-state index < -0.39 is 6.10 Å². The number of aliphatic hydroxyl groups excluding tert-OH is 1. The summed E-state index contributed by atoms with van der Waals surface area (Å²) in [5.41, 5.74) is 0.631. The summed E-state index contributed by atoms with van der Waals surface area (Å²) in [6, 6.07) is 9.68. The number of anilines is 2. The van der Waals surface area contributed by atoms with Crippen molar-refractivity contribution >= 4 is 39.8 Å². The van der Waals surface area contributed by atoms with Crippen LogP contribution >= 0.6 is 11.6 Å². The number of halogens is 1. The molecule has 6 rings (SSSR count). The fourth-order valence-electron chi connectivity index (χ4n) is 5.40. The fourth-order valence-corrected chi connectivity index (χ4v) is 5.69. The fraction of sp³-hybridized carbons (Fsp3) is 0.462. The van der Waals surface area contributed by atoms with E-state index in [9.17, 15) is 9.90 Å². The molecular formula is C26H29ClN4O4. The summed E-state index contributed by atoms with van der Waals surface area (Å²) in [6.45, 7) is 6.27. The highest BCUT2D eigenvalue weighted by Gasteiger charge is 2.46. The highest BCUT2D eigenvalue weighted by Crippen LogP contribution is 2.48. The Balaban J connectivity index is 1.15. The van der Waals surface area contributed by atoms with Crippen molar-refractivity contribution in [2.24, 2.45) is 5.92 Å². The predicted octanol–water partition coefficient (Wildman–Crippen LogP) is 3.50. The summed E-state index contributed by atoms with van der Waals surface area (Å²) >= 11 is 6.67. The van der Waals surface area contributed by atoms with Crippen molar-refractivity contribution < 1.29 is 19.1 Å². The van der Waals surface area contributed by atoms with Crippen LogP contribution in [0.1, 0.15) is 25.0 Å². The van der Waals surface area contributed by atoms with E-state index in [1.807, 2.05) is 24.3 Å². The second kappa shape index (κ2) is 8.78. The number of benzene rings is 1. The molecule has 4 atom stereocenters. The van der Waals surface area contributed by atoms with Gasteiger partial charge in [0, 0.05) is 49.6 Å². The molecule has 2 saturated heterocycles. The topological polar surface area (TPSA) is 91.1 Å². The zero-order valence-corrected chi connectivity index (χ0v) is 20.4. The molecule has 9 heteroatoms. The second-order valence-corrected chi connectivity index (χ2v) is 10.4. The number of furan rings is 1. The molecule has 1 amide bonds. The number of nitrogens with zero attached hydrogens (tertiary/aromatic N) is 3. The number of carbonyl (C=O) groups excluding carboxylic acids is 1. The predicted molar refractivity (Wildman–Crippen MR) is 134 cm³/mol. The molecule has 2 aromatic heterocycles. The molecule has 1 saturated carbocycles. The third-order valence-electron chi connectivity index (χ3n) is 7.81. The normalized spacial score (nSPS) is 29.0. The number of piperazine rings is 1. The Morgan fingerprint density at radius 2 is 2.06 bits per heavy atom. The standard InChI is InChI=1S/C26H29ClN4O4/c1-26(15-34-14-23(26)32)31-6-4-30(5-7-31)21-10-16-11-24(28-13-17(16)9-20(21)27)29-25(33)19-12-18(19)22-3-2-8-35-22/h2-3,8-11,13,18-19,23,32H,4-7,12,14-15H2,1H3,(H,28,29,33)/t18-,19-,23+,26-/m0/s1. The Labute approximate surface area is 208 Å². The minimum Gasteiger partial charge on any atom is -0.469 e. The van der Waals surface area contributed by atoms with E-state index in [0.29, 0.717) is 24.1 Å². The molecule has 3 aromatic rings. The number of pyridine rings is 1. The maximum atomic E-state index is 12.7. The molecule has 35 heavy (non-hydrogen) atoms. The second-order valence-electron chi connectivity index (χ2n) is 10.0. The molecule has 8 nitrogen and oxygen atoms in total. The van der Waals surface area contributed by atoms with E-state index in [1.165, 1.54) is 0 Å². The molecule has 0 radical (unpaired) electrons. The molecular weight excluding hydrogens is 468 g/mol. The lowest BCUT2D eigenvalue weighted by atomic mass is 9.95. The van der Waals surface area contributed by atoms with Gasteiger partial charge in [-0.2, -0.15) is 0 Å². The first-order valence-electron chi connectivity index (χ1n) is 12.1. The summed E-state index contributed by atoms with van der Waals surface area (Å²) in [6.07, 6.45) is 3.71. The van der Waals surface area contributed by atoms with Crippen LogP contribution in [0.5, 0.6) is 0 Å². The monoisotopic (exact) mass is 496 g/mol. The van der Waals surface area contributed by atoms with Crippen LogP contribution in [-0.2, 0) is 9.53 Å². The number of hydrogen-bond acceptors (Lipinski definition) is 7. The summed E-state index contributed by atoms with van der Waals surface area (Å²) in [5, 5.41) is 15.9. The molecule has 0 spiro atoms. The minimum atomic E-state index is -0.468. The lowest BCUT2D eigenvalue weighted by Crippen LogP contribution is -2.60. The van der Waals surface area contributed by atoms with Crippen molar-refractivity contribution in [3.63, 3.8) is 0 Å². The van der Waals surface area contributed by atoms with E-state index in [0.717, 1.165) is 54.8 Å². The van der Waals surface area contributed by atoms with Gasteiger partial charge in [-0.1, -0.05) is 11.6 Å². The molecule has 2 N–H and O–H groups in total. The molecule has 3 aliphatic rings. The smallest absolute Gasteiger partial charge is 0.229 e. The van der Waals surface area contributed by atoms with Crippen molar-refractivity contribution in [1.29, 1.82) is 0 Å². The SMILES string of the molecule is C[C@]1(N2CCN(c3cc4cc(NC(=O)[C@H]5C[C@@H]5c5ccco5)ncc4cc3Cl)CC2)COC[C@H]1O. The van der Waals surface area contributed by atoms with E-state index in [1.54, 1.807) is 12.5 Å².